The molecule has 0 spiro atoms. The van der Waals surface area contributed by atoms with Gasteiger partial charge in [-0.3, -0.25) is 9.59 Å². The van der Waals surface area contributed by atoms with E-state index in [4.69, 9.17) is 18.9 Å². The van der Waals surface area contributed by atoms with Crippen molar-refractivity contribution in [2.24, 2.45) is 0 Å². The SMILES string of the molecule is CCCCCCCCC1OC(=O)OC1CCCCCCCC(=O)CCCCCNC(=O)CCCCCCCC1OC(=O)OC1CCCCCCCC. The van der Waals surface area contributed by atoms with Crippen molar-refractivity contribution in [3.8, 4) is 0 Å². The Bertz CT molecular complexity index is 868. The average Bonchev–Trinajstić information content (AvgIpc) is 3.67. The van der Waals surface area contributed by atoms with Crippen LogP contribution in [0, 0.1) is 0 Å². The standard InChI is InChI=1S/C43H77NO8/c1-3-5-7-9-14-22-30-37-39(51-42(47)49-37)32-24-16-11-13-20-28-36(45)29-21-19-27-35-44-41(46)34-26-18-12-17-25-33-40-38(50-43(48)52-40)31-23-15-10-8-6-4-2/h37-40H,3-35H2,1-2H3,(H,44,46). The molecule has 2 fully saturated rings. The molecule has 2 aliphatic heterocycles. The molecule has 0 bridgehead atoms. The summed E-state index contributed by atoms with van der Waals surface area (Å²) < 4.78 is 21.7. The molecule has 2 saturated heterocycles. The molecule has 52 heavy (non-hydrogen) atoms. The highest BCUT2D eigenvalue weighted by Crippen LogP contribution is 2.27. The van der Waals surface area contributed by atoms with Gasteiger partial charge in [-0.2, -0.15) is 0 Å². The molecule has 0 saturated carbocycles. The highest BCUT2D eigenvalue weighted by molar-refractivity contribution is 5.78. The van der Waals surface area contributed by atoms with Gasteiger partial charge in [0.05, 0.1) is 0 Å². The van der Waals surface area contributed by atoms with Crippen molar-refractivity contribution >= 4 is 24.0 Å². The first-order valence-corrected chi connectivity index (χ1v) is 22.0. The van der Waals surface area contributed by atoms with Crippen LogP contribution in [0.1, 0.15) is 219 Å². The first-order valence-electron chi connectivity index (χ1n) is 22.0. The van der Waals surface area contributed by atoms with Gasteiger partial charge in [-0.15, -0.1) is 0 Å². The van der Waals surface area contributed by atoms with Crippen LogP contribution in [0.4, 0.5) is 9.59 Å². The van der Waals surface area contributed by atoms with Gasteiger partial charge >= 0.3 is 12.3 Å². The zero-order valence-electron chi connectivity index (χ0n) is 33.4. The third kappa shape index (κ3) is 23.4. The van der Waals surface area contributed by atoms with Gasteiger partial charge in [-0.05, 0) is 77.0 Å². The number of rotatable bonds is 36. The van der Waals surface area contributed by atoms with E-state index in [1.165, 1.54) is 64.2 Å². The fraction of sp³-hybridized carbons (Fsp3) is 0.907. The topological polar surface area (TPSA) is 117 Å². The quantitative estimate of drug-likeness (QED) is 0.0499. The number of ketones is 1. The van der Waals surface area contributed by atoms with Crippen LogP contribution in [0.15, 0.2) is 0 Å². The number of hydrogen-bond donors (Lipinski definition) is 1. The molecule has 4 atom stereocenters. The fourth-order valence-electron chi connectivity index (χ4n) is 7.51. The van der Waals surface area contributed by atoms with Crippen LogP contribution in [0.3, 0.4) is 0 Å². The predicted octanol–water partition coefficient (Wildman–Crippen LogP) is 12.0. The normalized spacial score (nSPS) is 19.7. The number of carbonyl (C=O) groups is 4. The lowest BCUT2D eigenvalue weighted by Crippen LogP contribution is -2.24. The molecule has 2 heterocycles. The highest BCUT2D eigenvalue weighted by Gasteiger charge is 2.36. The fourth-order valence-corrected chi connectivity index (χ4v) is 7.51. The minimum absolute atomic E-state index is 0.0817. The summed E-state index contributed by atoms with van der Waals surface area (Å²) in [6.07, 6.45) is 31.9. The molecule has 9 heteroatoms. The van der Waals surface area contributed by atoms with E-state index in [0.29, 0.717) is 31.6 Å². The van der Waals surface area contributed by atoms with Crippen molar-refractivity contribution in [2.45, 2.75) is 244 Å². The molecule has 9 nitrogen and oxygen atoms in total. The van der Waals surface area contributed by atoms with Crippen LogP contribution in [-0.2, 0) is 28.5 Å². The molecule has 0 radical (unpaired) electrons. The van der Waals surface area contributed by atoms with Crippen LogP contribution < -0.4 is 5.32 Å². The number of ether oxygens (including phenoxy) is 4. The van der Waals surface area contributed by atoms with Gasteiger partial charge in [-0.1, -0.05) is 123 Å². The van der Waals surface area contributed by atoms with E-state index in [2.05, 4.69) is 19.2 Å². The summed E-state index contributed by atoms with van der Waals surface area (Å²) >= 11 is 0. The number of Topliss-reactive ketones (excluding diaryl/α,β-unsaturated/α-hetero) is 1. The van der Waals surface area contributed by atoms with Crippen molar-refractivity contribution < 1.29 is 38.1 Å². The molecule has 1 N–H and O–H groups in total. The van der Waals surface area contributed by atoms with E-state index in [1.54, 1.807) is 0 Å². The maximum absolute atomic E-state index is 12.3. The molecule has 0 aromatic carbocycles. The predicted molar refractivity (Wildman–Crippen MR) is 207 cm³/mol. The monoisotopic (exact) mass is 736 g/mol. The first kappa shape index (κ1) is 45.8. The Labute approximate surface area is 317 Å². The summed E-state index contributed by atoms with van der Waals surface area (Å²) in [4.78, 5) is 47.8. The van der Waals surface area contributed by atoms with Gasteiger partial charge in [0.1, 0.15) is 30.2 Å². The van der Waals surface area contributed by atoms with Crippen LogP contribution in [-0.4, -0.2) is 55.0 Å². The molecule has 302 valence electrons. The largest absolute Gasteiger partial charge is 0.509 e. The Hall–Kier alpha value is -2.32. The average molecular weight is 736 g/mol. The van der Waals surface area contributed by atoms with Crippen molar-refractivity contribution in [3.63, 3.8) is 0 Å². The van der Waals surface area contributed by atoms with Gasteiger partial charge < -0.3 is 24.3 Å². The van der Waals surface area contributed by atoms with E-state index in [1.807, 2.05) is 0 Å². The zero-order chi connectivity index (χ0) is 37.5. The highest BCUT2D eigenvalue weighted by atomic mass is 16.8. The zero-order valence-corrected chi connectivity index (χ0v) is 33.4. The van der Waals surface area contributed by atoms with Gasteiger partial charge in [0.25, 0.3) is 0 Å². The van der Waals surface area contributed by atoms with Crippen LogP contribution in [0.25, 0.3) is 0 Å². The second kappa shape index (κ2) is 31.1. The number of carbonyl (C=O) groups excluding carboxylic acids is 4. The Morgan fingerprint density at radius 1 is 0.423 bits per heavy atom. The number of nitrogens with one attached hydrogen (secondary N) is 1. The second-order valence-corrected chi connectivity index (χ2v) is 15.6. The van der Waals surface area contributed by atoms with E-state index in [9.17, 15) is 19.2 Å². The number of amides is 1. The van der Waals surface area contributed by atoms with Crippen LogP contribution >= 0.6 is 0 Å². The summed E-state index contributed by atoms with van der Waals surface area (Å²) in [6, 6.07) is 0. The van der Waals surface area contributed by atoms with Crippen molar-refractivity contribution in [1.29, 1.82) is 0 Å². The molecular weight excluding hydrogens is 658 g/mol. The Kier molecular flexibility index (Phi) is 27.4. The third-order valence-corrected chi connectivity index (χ3v) is 10.8. The van der Waals surface area contributed by atoms with E-state index < -0.39 is 12.3 Å². The molecule has 0 aliphatic carbocycles. The van der Waals surface area contributed by atoms with Gasteiger partial charge in [0, 0.05) is 25.8 Å². The minimum Gasteiger partial charge on any atom is -0.427 e. The number of unbranched alkanes of at least 4 members (excludes halogenated alkanes) is 20. The van der Waals surface area contributed by atoms with Crippen LogP contribution in [0.2, 0.25) is 0 Å². The lowest BCUT2D eigenvalue weighted by atomic mass is 9.99. The summed E-state index contributed by atoms with van der Waals surface area (Å²) in [5.41, 5.74) is 0. The lowest BCUT2D eigenvalue weighted by Gasteiger charge is -2.15. The Morgan fingerprint density at radius 2 is 0.731 bits per heavy atom. The summed E-state index contributed by atoms with van der Waals surface area (Å²) in [7, 11) is 0. The van der Waals surface area contributed by atoms with Gasteiger partial charge in [0.2, 0.25) is 5.91 Å². The Balaban J connectivity index is 1.34. The first-order chi connectivity index (χ1) is 25.4. The molecule has 0 aromatic heterocycles. The van der Waals surface area contributed by atoms with E-state index in [-0.39, 0.29) is 30.3 Å². The van der Waals surface area contributed by atoms with E-state index >= 15 is 0 Å². The van der Waals surface area contributed by atoms with Crippen LogP contribution in [0.5, 0.6) is 0 Å². The second-order valence-electron chi connectivity index (χ2n) is 15.6. The Morgan fingerprint density at radius 3 is 1.12 bits per heavy atom. The lowest BCUT2D eigenvalue weighted by molar-refractivity contribution is -0.121. The summed E-state index contributed by atoms with van der Waals surface area (Å²) in [5, 5.41) is 3.03. The molecule has 2 aliphatic rings. The van der Waals surface area contributed by atoms with Crippen molar-refractivity contribution in [1.82, 2.24) is 5.32 Å². The van der Waals surface area contributed by atoms with Gasteiger partial charge in [0.15, 0.2) is 0 Å². The molecule has 0 aromatic rings. The van der Waals surface area contributed by atoms with E-state index in [0.717, 1.165) is 122 Å². The molecule has 1 amide bonds. The number of hydrogen-bond acceptors (Lipinski definition) is 8. The maximum Gasteiger partial charge on any atom is 0.509 e. The molecular formula is C43H77NO8. The minimum atomic E-state index is -0.510. The summed E-state index contributed by atoms with van der Waals surface area (Å²) in [5.74, 6) is 0.469. The maximum atomic E-state index is 12.3. The van der Waals surface area contributed by atoms with Crippen molar-refractivity contribution in [2.75, 3.05) is 6.54 Å². The smallest absolute Gasteiger partial charge is 0.427 e. The number of cyclic esters (lactones) is 4. The summed E-state index contributed by atoms with van der Waals surface area (Å²) in [6.45, 7) is 5.13. The molecule has 2 rings (SSSR count). The molecule has 4 unspecified atom stereocenters. The van der Waals surface area contributed by atoms with Crippen molar-refractivity contribution in [3.05, 3.63) is 0 Å². The van der Waals surface area contributed by atoms with Gasteiger partial charge in [-0.25, -0.2) is 9.59 Å². The third-order valence-electron chi connectivity index (χ3n) is 10.8.